The van der Waals surface area contributed by atoms with E-state index < -0.39 is 0 Å². The zero-order chi connectivity index (χ0) is 21.4. The Morgan fingerprint density at radius 1 is 0.968 bits per heavy atom. The summed E-state index contributed by atoms with van der Waals surface area (Å²) in [5.41, 5.74) is 6.67. The third-order valence-electron chi connectivity index (χ3n) is 5.84. The van der Waals surface area contributed by atoms with Gasteiger partial charge in [-0.3, -0.25) is 0 Å². The molecule has 0 fully saturated rings. The van der Waals surface area contributed by atoms with Crippen molar-refractivity contribution >= 4 is 39.0 Å². The molecule has 4 aromatic rings. The fourth-order valence-electron chi connectivity index (χ4n) is 4.46. The highest BCUT2D eigenvalue weighted by atomic mass is 79.9. The number of halogens is 1. The third kappa shape index (κ3) is 3.49. The molecule has 3 heteroatoms. The summed E-state index contributed by atoms with van der Waals surface area (Å²) in [6.07, 6.45) is 5.94. The minimum Gasteiger partial charge on any atom is -0.468 e. The van der Waals surface area contributed by atoms with Gasteiger partial charge < -0.3 is 4.74 Å². The van der Waals surface area contributed by atoms with Crippen molar-refractivity contribution in [1.29, 1.82) is 0 Å². The first-order valence-corrected chi connectivity index (χ1v) is 11.2. The van der Waals surface area contributed by atoms with Crippen LogP contribution >= 0.6 is 15.9 Å². The number of hydrogen-bond acceptors (Lipinski definition) is 2. The number of fused-ring (bicyclic) bond motifs is 2. The van der Waals surface area contributed by atoms with Crippen molar-refractivity contribution in [2.75, 3.05) is 0 Å². The van der Waals surface area contributed by atoms with Crippen LogP contribution in [0.5, 0.6) is 5.88 Å². The predicted octanol–water partition coefficient (Wildman–Crippen LogP) is 7.94. The summed E-state index contributed by atoms with van der Waals surface area (Å²) in [5.74, 6) is 0.764. The second-order valence-corrected chi connectivity index (χ2v) is 8.62. The lowest BCUT2D eigenvalue weighted by molar-refractivity contribution is 0.215. The molecule has 0 spiro atoms. The highest BCUT2D eigenvalue weighted by molar-refractivity contribution is 9.10. The molecule has 152 valence electrons. The van der Waals surface area contributed by atoms with Gasteiger partial charge in [-0.25, -0.2) is 4.98 Å². The van der Waals surface area contributed by atoms with E-state index in [9.17, 15) is 0 Å². The van der Waals surface area contributed by atoms with Crippen LogP contribution in [0.1, 0.15) is 46.8 Å². The lowest BCUT2D eigenvalue weighted by Gasteiger charge is -2.22. The lowest BCUT2D eigenvalue weighted by atomic mass is 9.83. The van der Waals surface area contributed by atoms with Gasteiger partial charge in [0.05, 0.1) is 11.4 Å². The summed E-state index contributed by atoms with van der Waals surface area (Å²) < 4.78 is 7.64. The molecule has 5 rings (SSSR count). The number of benzene rings is 3. The SMILES string of the molecule is C=Cc1cccc(C2Oc3nc4ccc(Br)cc4cc3[C@@H]2c2ccccc2)c1/C=C\C. The van der Waals surface area contributed by atoms with Gasteiger partial charge in [-0.1, -0.05) is 89.3 Å². The van der Waals surface area contributed by atoms with E-state index in [1.165, 1.54) is 5.56 Å². The van der Waals surface area contributed by atoms with Crippen molar-refractivity contribution in [3.05, 3.63) is 118 Å². The third-order valence-corrected chi connectivity index (χ3v) is 6.33. The van der Waals surface area contributed by atoms with Crippen molar-refractivity contribution in [3.8, 4) is 5.88 Å². The van der Waals surface area contributed by atoms with E-state index in [1.807, 2.05) is 25.1 Å². The number of ether oxygens (including phenoxy) is 1. The maximum Gasteiger partial charge on any atom is 0.218 e. The van der Waals surface area contributed by atoms with Gasteiger partial charge in [0.15, 0.2) is 0 Å². The van der Waals surface area contributed by atoms with Gasteiger partial charge >= 0.3 is 0 Å². The van der Waals surface area contributed by atoms with Crippen molar-refractivity contribution in [3.63, 3.8) is 0 Å². The summed E-state index contributed by atoms with van der Waals surface area (Å²) in [4.78, 5) is 4.89. The molecule has 2 atom stereocenters. The zero-order valence-corrected chi connectivity index (χ0v) is 18.8. The molecule has 3 aromatic carbocycles. The molecule has 0 amide bonds. The van der Waals surface area contributed by atoms with Crippen LogP contribution in [0.15, 0.2) is 89.9 Å². The summed E-state index contributed by atoms with van der Waals surface area (Å²) in [6, 6.07) is 25.3. The second-order valence-electron chi connectivity index (χ2n) is 7.70. The molecule has 0 radical (unpaired) electrons. The Hall–Kier alpha value is -3.17. The molecule has 0 aliphatic carbocycles. The van der Waals surface area contributed by atoms with Crippen LogP contribution in [0.25, 0.3) is 23.1 Å². The molecule has 2 nitrogen and oxygen atoms in total. The summed E-state index contributed by atoms with van der Waals surface area (Å²) >= 11 is 3.59. The Kier molecular flexibility index (Phi) is 5.21. The fraction of sp³-hybridized carbons (Fsp3) is 0.107. The van der Waals surface area contributed by atoms with Crippen molar-refractivity contribution in [2.45, 2.75) is 18.9 Å². The number of pyridine rings is 1. The Bertz CT molecular complexity index is 1310. The molecular formula is C28H22BrNO. The van der Waals surface area contributed by atoms with Gasteiger partial charge in [-0.2, -0.15) is 0 Å². The quantitative estimate of drug-likeness (QED) is 0.303. The van der Waals surface area contributed by atoms with E-state index in [0.717, 1.165) is 37.6 Å². The van der Waals surface area contributed by atoms with Gasteiger partial charge in [-0.05, 0) is 47.9 Å². The van der Waals surface area contributed by atoms with Crippen molar-refractivity contribution < 1.29 is 4.74 Å². The van der Waals surface area contributed by atoms with Gasteiger partial charge in [-0.15, -0.1) is 0 Å². The van der Waals surface area contributed by atoms with E-state index in [4.69, 9.17) is 9.72 Å². The minimum absolute atomic E-state index is 0.0520. The van der Waals surface area contributed by atoms with Gasteiger partial charge in [0, 0.05) is 21.0 Å². The van der Waals surface area contributed by atoms with Crippen LogP contribution < -0.4 is 4.74 Å². The van der Waals surface area contributed by atoms with Gasteiger partial charge in [0.1, 0.15) is 6.10 Å². The van der Waals surface area contributed by atoms with Crippen molar-refractivity contribution in [2.24, 2.45) is 0 Å². The number of nitrogens with zero attached hydrogens (tertiary/aromatic N) is 1. The smallest absolute Gasteiger partial charge is 0.218 e. The summed E-state index contributed by atoms with van der Waals surface area (Å²) in [5, 5.41) is 1.10. The average Bonchev–Trinajstić information content (AvgIpc) is 3.16. The Morgan fingerprint density at radius 3 is 2.58 bits per heavy atom. The van der Waals surface area contributed by atoms with Crippen LogP contribution in [0.2, 0.25) is 0 Å². The maximum absolute atomic E-state index is 6.59. The Morgan fingerprint density at radius 2 is 1.81 bits per heavy atom. The van der Waals surface area contributed by atoms with Crippen LogP contribution in [0, 0.1) is 0 Å². The minimum atomic E-state index is -0.170. The number of aromatic nitrogens is 1. The van der Waals surface area contributed by atoms with Crippen LogP contribution in [-0.4, -0.2) is 4.98 Å². The molecule has 1 unspecified atom stereocenters. The average molecular weight is 468 g/mol. The first-order chi connectivity index (χ1) is 15.2. The molecule has 1 aromatic heterocycles. The predicted molar refractivity (Wildman–Crippen MR) is 132 cm³/mol. The molecule has 0 saturated heterocycles. The molecule has 0 bridgehead atoms. The zero-order valence-electron chi connectivity index (χ0n) is 17.3. The van der Waals surface area contributed by atoms with E-state index in [-0.39, 0.29) is 12.0 Å². The topological polar surface area (TPSA) is 22.1 Å². The standard InChI is InChI=1S/C28H22BrNO/c1-3-9-22-18(4-2)12-8-13-23(22)27-26(19-10-6-5-7-11-19)24-17-20-16-21(29)14-15-25(20)30-28(24)31-27/h3-17,26-27H,2H2,1H3/b9-3-/t26-,27?/m0/s1. The summed E-state index contributed by atoms with van der Waals surface area (Å²) in [7, 11) is 0. The molecule has 1 aliphatic rings. The lowest BCUT2D eigenvalue weighted by Crippen LogP contribution is -2.13. The van der Waals surface area contributed by atoms with Crippen LogP contribution in [-0.2, 0) is 0 Å². The van der Waals surface area contributed by atoms with E-state index in [0.29, 0.717) is 5.88 Å². The van der Waals surface area contributed by atoms with E-state index >= 15 is 0 Å². The highest BCUT2D eigenvalue weighted by Gasteiger charge is 2.39. The Balaban J connectivity index is 1.74. The Labute approximate surface area is 191 Å². The number of rotatable bonds is 4. The molecule has 0 saturated carbocycles. The monoisotopic (exact) mass is 467 g/mol. The molecule has 0 N–H and O–H groups in total. The normalized spacial score (nSPS) is 17.6. The number of allylic oxidation sites excluding steroid dienone is 1. The first kappa shape index (κ1) is 19.8. The van der Waals surface area contributed by atoms with Gasteiger partial charge in [0.2, 0.25) is 5.88 Å². The first-order valence-electron chi connectivity index (χ1n) is 10.4. The summed E-state index contributed by atoms with van der Waals surface area (Å²) in [6.45, 7) is 6.05. The maximum atomic E-state index is 6.59. The highest BCUT2D eigenvalue weighted by Crippen LogP contribution is 2.50. The van der Waals surface area contributed by atoms with E-state index in [1.54, 1.807) is 0 Å². The number of hydrogen-bond donors (Lipinski definition) is 0. The molecule has 2 heterocycles. The largest absolute Gasteiger partial charge is 0.468 e. The molecular weight excluding hydrogens is 446 g/mol. The van der Waals surface area contributed by atoms with E-state index in [2.05, 4.69) is 95.3 Å². The van der Waals surface area contributed by atoms with Crippen LogP contribution in [0.4, 0.5) is 0 Å². The fourth-order valence-corrected chi connectivity index (χ4v) is 4.84. The van der Waals surface area contributed by atoms with Gasteiger partial charge in [0.25, 0.3) is 0 Å². The molecule has 1 aliphatic heterocycles. The second kappa shape index (κ2) is 8.16. The molecule has 31 heavy (non-hydrogen) atoms. The van der Waals surface area contributed by atoms with Crippen molar-refractivity contribution in [1.82, 2.24) is 4.98 Å². The van der Waals surface area contributed by atoms with Crippen LogP contribution in [0.3, 0.4) is 0 Å².